The number of nitrogens with two attached hydrogens (primary N) is 1. The third-order valence-electron chi connectivity index (χ3n) is 3.31. The van der Waals surface area contributed by atoms with Crippen molar-refractivity contribution in [3.63, 3.8) is 0 Å². The summed E-state index contributed by atoms with van der Waals surface area (Å²) in [7, 11) is 0. The Balaban J connectivity index is 2.27. The summed E-state index contributed by atoms with van der Waals surface area (Å²) in [5, 5.41) is 10.2. The molecule has 0 aliphatic carbocycles. The first-order chi connectivity index (χ1) is 8.72. The first kappa shape index (κ1) is 10.9. The van der Waals surface area contributed by atoms with Crippen molar-refractivity contribution in [1.82, 2.24) is 9.38 Å². The zero-order valence-electron chi connectivity index (χ0n) is 10.1. The average molecular weight is 241 g/mol. The van der Waals surface area contributed by atoms with Crippen LogP contribution in [0.2, 0.25) is 0 Å². The Morgan fingerprint density at radius 1 is 1.28 bits per heavy atom. The highest BCUT2D eigenvalue weighted by molar-refractivity contribution is 5.71. The molecule has 3 rings (SSSR count). The molecule has 0 fully saturated rings. The second kappa shape index (κ2) is 3.92. The molecule has 0 bridgehead atoms. The van der Waals surface area contributed by atoms with E-state index in [2.05, 4.69) is 4.98 Å². The highest BCUT2D eigenvalue weighted by Crippen LogP contribution is 2.34. The first-order valence-corrected chi connectivity index (χ1v) is 5.89. The lowest BCUT2D eigenvalue weighted by atomic mass is 10.2. The summed E-state index contributed by atoms with van der Waals surface area (Å²) < 4.78 is 2.03. The van der Waals surface area contributed by atoms with Gasteiger partial charge in [-0.3, -0.25) is 0 Å². The van der Waals surface area contributed by atoms with E-state index in [9.17, 15) is 5.11 Å². The molecule has 18 heavy (non-hydrogen) atoms. The molecule has 0 atom stereocenters. The fraction of sp³-hybridized carbons (Fsp3) is 0.143. The fourth-order valence-electron chi connectivity index (χ4n) is 2.35. The molecule has 0 amide bonds. The number of rotatable bonds is 2. The SMILES string of the molecule is Cc1[nH]c(-c2ccc3ccccn23)c(O)c1CN. The molecule has 92 valence electrons. The maximum absolute atomic E-state index is 10.2. The molecular formula is C14H15N3O. The Labute approximate surface area is 105 Å². The third-order valence-corrected chi connectivity index (χ3v) is 3.31. The molecule has 0 radical (unpaired) electrons. The van der Waals surface area contributed by atoms with Gasteiger partial charge in [-0.15, -0.1) is 0 Å². The molecule has 0 aliphatic heterocycles. The van der Waals surface area contributed by atoms with E-state index >= 15 is 0 Å². The number of nitrogens with zero attached hydrogens (tertiary/aromatic N) is 1. The Hall–Kier alpha value is -2.20. The number of aromatic amines is 1. The predicted octanol–water partition coefficient (Wildman–Crippen LogP) is 2.41. The molecule has 0 saturated heterocycles. The summed E-state index contributed by atoms with van der Waals surface area (Å²) in [6, 6.07) is 9.99. The normalized spacial score (nSPS) is 11.2. The molecule has 0 unspecified atom stereocenters. The molecule has 3 heterocycles. The smallest absolute Gasteiger partial charge is 0.147 e. The molecule has 0 saturated carbocycles. The summed E-state index contributed by atoms with van der Waals surface area (Å²) in [6.45, 7) is 2.25. The van der Waals surface area contributed by atoms with Crippen LogP contribution in [0.15, 0.2) is 36.5 Å². The van der Waals surface area contributed by atoms with E-state index in [4.69, 9.17) is 5.73 Å². The molecule has 4 N–H and O–H groups in total. The quantitative estimate of drug-likeness (QED) is 0.645. The number of fused-ring (bicyclic) bond motifs is 1. The van der Waals surface area contributed by atoms with Crippen molar-refractivity contribution in [3.05, 3.63) is 47.8 Å². The van der Waals surface area contributed by atoms with Gasteiger partial charge in [-0.25, -0.2) is 0 Å². The molecule has 3 aromatic rings. The second-order valence-corrected chi connectivity index (χ2v) is 4.37. The largest absolute Gasteiger partial charge is 0.505 e. The maximum atomic E-state index is 10.2. The Bertz CT molecular complexity index is 709. The van der Waals surface area contributed by atoms with Crippen molar-refractivity contribution in [2.75, 3.05) is 0 Å². The lowest BCUT2D eigenvalue weighted by Crippen LogP contribution is -1.96. The van der Waals surface area contributed by atoms with Crippen LogP contribution in [0.1, 0.15) is 11.3 Å². The number of aryl methyl sites for hydroxylation is 1. The van der Waals surface area contributed by atoms with Gasteiger partial charge in [-0.1, -0.05) is 6.07 Å². The van der Waals surface area contributed by atoms with Gasteiger partial charge in [0, 0.05) is 29.5 Å². The van der Waals surface area contributed by atoms with E-state index in [1.54, 1.807) is 0 Å². The minimum absolute atomic E-state index is 0.249. The van der Waals surface area contributed by atoms with Gasteiger partial charge in [-0.05, 0) is 31.2 Å². The standard InChI is InChI=1S/C14H15N3O/c1-9-11(8-15)14(18)13(16-9)12-6-5-10-4-2-3-7-17(10)12/h2-7,16,18H,8,15H2,1H3. The van der Waals surface area contributed by atoms with Gasteiger partial charge in [0.05, 0.1) is 5.69 Å². The number of hydrogen-bond acceptors (Lipinski definition) is 2. The Kier molecular flexibility index (Phi) is 2.38. The Morgan fingerprint density at radius 3 is 2.83 bits per heavy atom. The molecule has 4 heteroatoms. The minimum atomic E-state index is 0.249. The van der Waals surface area contributed by atoms with E-state index in [1.807, 2.05) is 47.9 Å². The number of pyridine rings is 1. The van der Waals surface area contributed by atoms with Gasteiger partial charge in [0.1, 0.15) is 11.4 Å². The third kappa shape index (κ3) is 1.43. The summed E-state index contributed by atoms with van der Waals surface area (Å²) in [5.41, 5.74) is 10.1. The van der Waals surface area contributed by atoms with Crippen LogP contribution in [0.5, 0.6) is 5.75 Å². The molecule has 4 nitrogen and oxygen atoms in total. The van der Waals surface area contributed by atoms with Gasteiger partial charge < -0.3 is 20.2 Å². The van der Waals surface area contributed by atoms with Crippen molar-refractivity contribution in [1.29, 1.82) is 0 Å². The molecule has 0 aliphatic rings. The highest BCUT2D eigenvalue weighted by Gasteiger charge is 2.16. The van der Waals surface area contributed by atoms with Gasteiger partial charge in [0.15, 0.2) is 0 Å². The predicted molar refractivity (Wildman–Crippen MR) is 71.5 cm³/mol. The summed E-state index contributed by atoms with van der Waals surface area (Å²) in [4.78, 5) is 3.21. The number of aromatic nitrogens is 2. The van der Waals surface area contributed by atoms with Crippen LogP contribution in [0.25, 0.3) is 16.9 Å². The highest BCUT2D eigenvalue weighted by atomic mass is 16.3. The lowest BCUT2D eigenvalue weighted by molar-refractivity contribution is 0.471. The zero-order valence-corrected chi connectivity index (χ0v) is 10.1. The fourth-order valence-corrected chi connectivity index (χ4v) is 2.35. The maximum Gasteiger partial charge on any atom is 0.147 e. The lowest BCUT2D eigenvalue weighted by Gasteiger charge is -2.02. The van der Waals surface area contributed by atoms with Gasteiger partial charge in [-0.2, -0.15) is 0 Å². The number of aromatic hydroxyl groups is 1. The van der Waals surface area contributed by atoms with E-state index in [-0.39, 0.29) is 5.75 Å². The van der Waals surface area contributed by atoms with Gasteiger partial charge in [0.25, 0.3) is 0 Å². The van der Waals surface area contributed by atoms with Crippen molar-refractivity contribution in [2.24, 2.45) is 5.73 Å². The zero-order chi connectivity index (χ0) is 12.7. The van der Waals surface area contributed by atoms with Crippen molar-refractivity contribution < 1.29 is 5.11 Å². The van der Waals surface area contributed by atoms with Crippen molar-refractivity contribution >= 4 is 5.52 Å². The monoisotopic (exact) mass is 241 g/mol. The molecule has 0 spiro atoms. The van der Waals surface area contributed by atoms with Gasteiger partial charge >= 0.3 is 0 Å². The average Bonchev–Trinajstić information content (AvgIpc) is 2.91. The summed E-state index contributed by atoms with van der Waals surface area (Å²) in [6.07, 6.45) is 1.97. The van der Waals surface area contributed by atoms with Crippen LogP contribution in [-0.4, -0.2) is 14.5 Å². The topological polar surface area (TPSA) is 66.5 Å². The van der Waals surface area contributed by atoms with Crippen LogP contribution < -0.4 is 5.73 Å². The van der Waals surface area contributed by atoms with Gasteiger partial charge in [0.2, 0.25) is 0 Å². The number of nitrogens with one attached hydrogen (secondary N) is 1. The first-order valence-electron chi connectivity index (χ1n) is 5.89. The van der Waals surface area contributed by atoms with Crippen molar-refractivity contribution in [3.8, 4) is 17.1 Å². The van der Waals surface area contributed by atoms with E-state index < -0.39 is 0 Å². The van der Waals surface area contributed by atoms with Crippen LogP contribution in [0.4, 0.5) is 0 Å². The number of hydrogen-bond donors (Lipinski definition) is 3. The second-order valence-electron chi connectivity index (χ2n) is 4.37. The minimum Gasteiger partial charge on any atom is -0.505 e. The summed E-state index contributed by atoms with van der Waals surface area (Å²) >= 11 is 0. The van der Waals surface area contributed by atoms with E-state index in [0.29, 0.717) is 6.54 Å². The van der Waals surface area contributed by atoms with Crippen LogP contribution in [0.3, 0.4) is 0 Å². The summed E-state index contributed by atoms with van der Waals surface area (Å²) in [5.74, 6) is 0.249. The molecular weight excluding hydrogens is 226 g/mol. The number of H-pyrrole nitrogens is 1. The molecule has 3 aromatic heterocycles. The van der Waals surface area contributed by atoms with E-state index in [0.717, 1.165) is 28.2 Å². The van der Waals surface area contributed by atoms with Crippen molar-refractivity contribution in [2.45, 2.75) is 13.5 Å². The Morgan fingerprint density at radius 2 is 2.11 bits per heavy atom. The van der Waals surface area contributed by atoms with Crippen LogP contribution in [-0.2, 0) is 6.54 Å². The van der Waals surface area contributed by atoms with Crippen LogP contribution in [0, 0.1) is 6.92 Å². The van der Waals surface area contributed by atoms with Crippen LogP contribution >= 0.6 is 0 Å². The van der Waals surface area contributed by atoms with E-state index in [1.165, 1.54) is 0 Å². The molecule has 0 aromatic carbocycles.